The molecule has 4 rings (SSSR count). The summed E-state index contributed by atoms with van der Waals surface area (Å²) < 4.78 is 6.09. The Hall–Kier alpha value is -2.01. The van der Waals surface area contributed by atoms with E-state index in [0.29, 0.717) is 23.2 Å². The highest BCUT2D eigenvalue weighted by Gasteiger charge is 2.42. The largest absolute Gasteiger partial charge is 0.492 e. The molecule has 0 bridgehead atoms. The second-order valence-electron chi connectivity index (χ2n) is 8.13. The molecule has 6 heteroatoms. The molecule has 0 aromatic heterocycles. The quantitative estimate of drug-likeness (QED) is 0.641. The third-order valence-corrected chi connectivity index (χ3v) is 6.87. The average Bonchev–Trinajstić information content (AvgIpc) is 3.07. The Labute approximate surface area is 187 Å². The third kappa shape index (κ3) is 4.51. The highest BCUT2D eigenvalue weighted by Crippen LogP contribution is 2.45. The normalized spacial score (nSPS) is 17.9. The maximum Gasteiger partial charge on any atom is 0.304 e. The van der Waals surface area contributed by atoms with E-state index in [1.807, 2.05) is 24.3 Å². The molecule has 0 amide bonds. The summed E-state index contributed by atoms with van der Waals surface area (Å²) >= 11 is 12.5. The van der Waals surface area contributed by atoms with Crippen LogP contribution >= 0.6 is 23.2 Å². The van der Waals surface area contributed by atoms with Crippen molar-refractivity contribution in [2.45, 2.75) is 31.1 Å². The summed E-state index contributed by atoms with van der Waals surface area (Å²) in [6.07, 6.45) is 7.02. The first-order valence-corrected chi connectivity index (χ1v) is 11.0. The predicted octanol–water partition coefficient (Wildman–Crippen LogP) is 5.45. The van der Waals surface area contributed by atoms with Crippen molar-refractivity contribution in [2.75, 3.05) is 26.2 Å². The van der Waals surface area contributed by atoms with Crippen LogP contribution in [0.2, 0.25) is 10.0 Å². The Morgan fingerprint density at radius 1 is 1.17 bits per heavy atom. The van der Waals surface area contributed by atoms with Crippen molar-refractivity contribution in [3.05, 3.63) is 69.2 Å². The van der Waals surface area contributed by atoms with E-state index in [4.69, 9.17) is 33.0 Å². The Kier molecular flexibility index (Phi) is 6.37. The lowest BCUT2D eigenvalue weighted by Gasteiger charge is -2.38. The molecule has 2 aliphatic heterocycles. The van der Waals surface area contributed by atoms with Gasteiger partial charge in [-0.15, -0.1) is 0 Å². The molecule has 158 valence electrons. The minimum absolute atomic E-state index is 0.0640. The van der Waals surface area contributed by atoms with Gasteiger partial charge in [-0.1, -0.05) is 53.6 Å². The number of halogens is 2. The zero-order valence-corrected chi connectivity index (χ0v) is 18.3. The van der Waals surface area contributed by atoms with Gasteiger partial charge in [0.2, 0.25) is 0 Å². The van der Waals surface area contributed by atoms with E-state index in [1.165, 1.54) is 11.1 Å². The molecule has 1 spiro atoms. The number of piperidine rings is 1. The third-order valence-electron chi connectivity index (χ3n) is 6.21. The summed E-state index contributed by atoms with van der Waals surface area (Å²) in [6.45, 7) is 3.17. The number of likely N-dealkylation sites (tertiary alicyclic amines) is 1. The number of nitrogens with zero attached hydrogens (tertiary/aromatic N) is 1. The number of fused-ring (bicyclic) bond motifs is 2. The Balaban J connectivity index is 1.41. The molecule has 4 nitrogen and oxygen atoms in total. The standard InChI is InChI=1S/C24H25Cl2NO3/c25-20-5-2-6-21(26)18(20)4-1-3-17-7-8-19-22(15-17)30-16-24(19)10-13-27(14-11-24)12-9-23(28)29/h1-2,4-8,15H,3,9-14,16H2,(H,28,29)/b4-1+. The van der Waals surface area contributed by atoms with Gasteiger partial charge in [-0.2, -0.15) is 0 Å². The molecule has 1 saturated heterocycles. The number of hydrogen-bond acceptors (Lipinski definition) is 3. The topological polar surface area (TPSA) is 49.8 Å². The molecule has 2 aromatic rings. The second-order valence-corrected chi connectivity index (χ2v) is 8.94. The van der Waals surface area contributed by atoms with Crippen molar-refractivity contribution < 1.29 is 14.6 Å². The van der Waals surface area contributed by atoms with Crippen LogP contribution in [0.4, 0.5) is 0 Å². The summed E-state index contributed by atoms with van der Waals surface area (Å²) in [4.78, 5) is 13.1. The lowest BCUT2D eigenvalue weighted by molar-refractivity contribution is -0.137. The summed E-state index contributed by atoms with van der Waals surface area (Å²) in [6, 6.07) is 12.0. The monoisotopic (exact) mass is 445 g/mol. The molecule has 30 heavy (non-hydrogen) atoms. The van der Waals surface area contributed by atoms with Crippen LogP contribution in [0.5, 0.6) is 5.75 Å². The Morgan fingerprint density at radius 3 is 2.60 bits per heavy atom. The molecular weight excluding hydrogens is 421 g/mol. The van der Waals surface area contributed by atoms with Gasteiger partial charge in [-0.05, 0) is 56.1 Å². The van der Waals surface area contributed by atoms with Crippen LogP contribution in [0, 0.1) is 0 Å². The van der Waals surface area contributed by atoms with Gasteiger partial charge in [0.25, 0.3) is 0 Å². The SMILES string of the molecule is O=C(O)CCN1CCC2(CC1)COc1cc(C/C=C/c3c(Cl)cccc3Cl)ccc12. The van der Waals surface area contributed by atoms with Crippen LogP contribution < -0.4 is 4.74 Å². The van der Waals surface area contributed by atoms with E-state index in [1.54, 1.807) is 0 Å². The Bertz CT molecular complexity index is 945. The molecule has 2 heterocycles. The number of rotatable bonds is 6. The first-order chi connectivity index (χ1) is 14.5. The lowest BCUT2D eigenvalue weighted by Crippen LogP contribution is -2.44. The van der Waals surface area contributed by atoms with Crippen molar-refractivity contribution in [3.63, 3.8) is 0 Å². The molecule has 1 N–H and O–H groups in total. The number of hydrogen-bond donors (Lipinski definition) is 1. The number of aliphatic carboxylic acids is 1. The minimum atomic E-state index is -0.733. The fraction of sp³-hybridized carbons (Fsp3) is 0.375. The lowest BCUT2D eigenvalue weighted by atomic mass is 9.74. The number of carbonyl (C=O) groups is 1. The molecule has 2 aliphatic rings. The number of benzene rings is 2. The number of carboxylic acid groups (broad SMARTS) is 1. The Morgan fingerprint density at radius 2 is 1.90 bits per heavy atom. The summed E-state index contributed by atoms with van der Waals surface area (Å²) in [5.41, 5.74) is 3.38. The van der Waals surface area contributed by atoms with Gasteiger partial charge in [0, 0.05) is 33.1 Å². The fourth-order valence-corrected chi connectivity index (χ4v) is 4.92. The molecule has 0 radical (unpaired) electrons. The molecule has 2 aromatic carbocycles. The van der Waals surface area contributed by atoms with Crippen LogP contribution in [0.3, 0.4) is 0 Å². The molecular formula is C24H25Cl2NO3. The molecule has 0 atom stereocenters. The van der Waals surface area contributed by atoms with Crippen LogP contribution in [0.25, 0.3) is 6.08 Å². The minimum Gasteiger partial charge on any atom is -0.492 e. The van der Waals surface area contributed by atoms with Gasteiger partial charge < -0.3 is 14.7 Å². The van der Waals surface area contributed by atoms with Crippen LogP contribution in [0.15, 0.2) is 42.5 Å². The maximum atomic E-state index is 10.8. The second kappa shape index (κ2) is 9.01. The number of ether oxygens (including phenoxy) is 1. The van der Waals surface area contributed by atoms with Crippen molar-refractivity contribution in [2.24, 2.45) is 0 Å². The van der Waals surface area contributed by atoms with Crippen LogP contribution in [-0.2, 0) is 16.6 Å². The van der Waals surface area contributed by atoms with Gasteiger partial charge in [-0.25, -0.2) is 0 Å². The van der Waals surface area contributed by atoms with Crippen LogP contribution in [0.1, 0.15) is 36.0 Å². The van der Waals surface area contributed by atoms with E-state index in [0.717, 1.165) is 43.7 Å². The predicted molar refractivity (Wildman–Crippen MR) is 121 cm³/mol. The van der Waals surface area contributed by atoms with Gasteiger partial charge >= 0.3 is 5.97 Å². The molecule has 0 unspecified atom stereocenters. The van der Waals surface area contributed by atoms with Crippen molar-refractivity contribution in [3.8, 4) is 5.75 Å². The van der Waals surface area contributed by atoms with E-state index < -0.39 is 5.97 Å². The number of carboxylic acids is 1. The van der Waals surface area contributed by atoms with Crippen molar-refractivity contribution in [1.82, 2.24) is 4.90 Å². The smallest absolute Gasteiger partial charge is 0.304 e. The van der Waals surface area contributed by atoms with Crippen LogP contribution in [-0.4, -0.2) is 42.2 Å². The zero-order chi connectivity index (χ0) is 21.1. The van der Waals surface area contributed by atoms with E-state index >= 15 is 0 Å². The molecule has 0 aliphatic carbocycles. The first kappa shape index (κ1) is 21.2. The van der Waals surface area contributed by atoms with E-state index in [-0.39, 0.29) is 11.8 Å². The van der Waals surface area contributed by atoms with E-state index in [9.17, 15) is 4.79 Å². The highest BCUT2D eigenvalue weighted by molar-refractivity contribution is 6.37. The zero-order valence-electron chi connectivity index (χ0n) is 16.7. The summed E-state index contributed by atoms with van der Waals surface area (Å²) in [5.74, 6) is 0.249. The molecule has 0 saturated carbocycles. The molecule has 1 fully saturated rings. The summed E-state index contributed by atoms with van der Waals surface area (Å²) in [7, 11) is 0. The highest BCUT2D eigenvalue weighted by atomic mass is 35.5. The van der Waals surface area contributed by atoms with Crippen molar-refractivity contribution in [1.29, 1.82) is 0 Å². The summed E-state index contributed by atoms with van der Waals surface area (Å²) in [5, 5.41) is 10.2. The fourth-order valence-electron chi connectivity index (χ4n) is 4.40. The maximum absolute atomic E-state index is 10.8. The number of allylic oxidation sites excluding steroid dienone is 1. The van der Waals surface area contributed by atoms with Gasteiger partial charge in [-0.3, -0.25) is 4.79 Å². The average molecular weight is 446 g/mol. The van der Waals surface area contributed by atoms with Gasteiger partial charge in [0.1, 0.15) is 5.75 Å². The van der Waals surface area contributed by atoms with E-state index in [2.05, 4.69) is 29.2 Å². The first-order valence-electron chi connectivity index (χ1n) is 10.3. The van der Waals surface area contributed by atoms with Crippen molar-refractivity contribution >= 4 is 35.2 Å². The van der Waals surface area contributed by atoms with Gasteiger partial charge in [0.05, 0.1) is 13.0 Å². The van der Waals surface area contributed by atoms with Gasteiger partial charge in [0.15, 0.2) is 0 Å².